The van der Waals surface area contributed by atoms with Crippen molar-refractivity contribution >= 4 is 45.6 Å². The summed E-state index contributed by atoms with van der Waals surface area (Å²) in [6.45, 7) is 3.81. The normalized spacial score (nSPS) is 11.1. The van der Waals surface area contributed by atoms with Gasteiger partial charge in [-0.3, -0.25) is 0 Å². The number of hydrogen-bond donors (Lipinski definition) is 2. The van der Waals surface area contributed by atoms with Crippen LogP contribution in [0.5, 0.6) is 0 Å². The van der Waals surface area contributed by atoms with Gasteiger partial charge >= 0.3 is 0 Å². The summed E-state index contributed by atoms with van der Waals surface area (Å²) in [6.07, 6.45) is 1.01. The lowest BCUT2D eigenvalue weighted by Gasteiger charge is -2.09. The fourth-order valence-corrected chi connectivity index (χ4v) is 3.15. The number of benzene rings is 1. The van der Waals surface area contributed by atoms with Gasteiger partial charge in [0.15, 0.2) is 0 Å². The summed E-state index contributed by atoms with van der Waals surface area (Å²) < 4.78 is 26.3. The van der Waals surface area contributed by atoms with E-state index in [9.17, 15) is 8.42 Å². The molecular formula is C11H17Cl3N2O2S. The van der Waals surface area contributed by atoms with Crippen molar-refractivity contribution in [2.45, 2.75) is 18.2 Å². The molecule has 0 heterocycles. The van der Waals surface area contributed by atoms with E-state index < -0.39 is 10.0 Å². The first-order chi connectivity index (χ1) is 8.47. The van der Waals surface area contributed by atoms with Gasteiger partial charge < -0.3 is 5.32 Å². The molecule has 0 aliphatic carbocycles. The van der Waals surface area contributed by atoms with Gasteiger partial charge in [-0.1, -0.05) is 30.1 Å². The van der Waals surface area contributed by atoms with Crippen LogP contribution in [0.4, 0.5) is 0 Å². The van der Waals surface area contributed by atoms with E-state index in [4.69, 9.17) is 23.2 Å². The molecule has 0 fully saturated rings. The summed E-state index contributed by atoms with van der Waals surface area (Å²) in [7, 11) is -3.58. The zero-order valence-corrected chi connectivity index (χ0v) is 13.6. The van der Waals surface area contributed by atoms with E-state index in [1.807, 2.05) is 6.92 Å². The molecule has 2 N–H and O–H groups in total. The predicted molar refractivity (Wildman–Crippen MR) is 82.1 cm³/mol. The molecule has 19 heavy (non-hydrogen) atoms. The Kier molecular flexibility index (Phi) is 8.98. The second-order valence-electron chi connectivity index (χ2n) is 3.72. The Morgan fingerprint density at radius 3 is 2.42 bits per heavy atom. The van der Waals surface area contributed by atoms with Crippen LogP contribution in [-0.4, -0.2) is 28.1 Å². The van der Waals surface area contributed by atoms with Gasteiger partial charge in [-0.05, 0) is 31.2 Å². The zero-order chi connectivity index (χ0) is 13.6. The molecule has 0 saturated heterocycles. The van der Waals surface area contributed by atoms with Gasteiger partial charge in [0.1, 0.15) is 4.90 Å². The van der Waals surface area contributed by atoms with Crippen molar-refractivity contribution in [2.24, 2.45) is 0 Å². The standard InChI is InChI=1S/C11H16Cl2N2O2S.ClH/c1-2-5-14-6-7-15-18(16,17)11-4-3-9(12)8-10(11)13;/h3-4,8,14-15H,2,5-7H2,1H3;1H. The fourth-order valence-electron chi connectivity index (χ4n) is 1.35. The molecule has 0 atom stereocenters. The lowest BCUT2D eigenvalue weighted by Crippen LogP contribution is -2.32. The maximum atomic E-state index is 11.9. The molecule has 0 amide bonds. The highest BCUT2D eigenvalue weighted by molar-refractivity contribution is 7.89. The summed E-state index contributed by atoms with van der Waals surface area (Å²) in [5, 5.41) is 3.63. The van der Waals surface area contributed by atoms with E-state index in [0.717, 1.165) is 13.0 Å². The molecule has 0 radical (unpaired) electrons. The smallest absolute Gasteiger partial charge is 0.242 e. The molecule has 1 rings (SSSR count). The monoisotopic (exact) mass is 346 g/mol. The first-order valence-electron chi connectivity index (χ1n) is 5.63. The van der Waals surface area contributed by atoms with Crippen LogP contribution in [0.25, 0.3) is 0 Å². The third-order valence-corrected chi connectivity index (χ3v) is 4.38. The molecule has 8 heteroatoms. The third-order valence-electron chi connectivity index (χ3n) is 2.20. The first-order valence-corrected chi connectivity index (χ1v) is 7.86. The zero-order valence-electron chi connectivity index (χ0n) is 10.4. The number of nitrogens with one attached hydrogen (secondary N) is 2. The van der Waals surface area contributed by atoms with Crippen LogP contribution in [0.3, 0.4) is 0 Å². The summed E-state index contributed by atoms with van der Waals surface area (Å²) in [5.74, 6) is 0. The summed E-state index contributed by atoms with van der Waals surface area (Å²) in [6, 6.07) is 4.30. The van der Waals surface area contributed by atoms with Crippen LogP contribution in [0.15, 0.2) is 23.1 Å². The Morgan fingerprint density at radius 1 is 1.16 bits per heavy atom. The predicted octanol–water partition coefficient (Wildman–Crippen LogP) is 2.69. The molecule has 0 saturated carbocycles. The highest BCUT2D eigenvalue weighted by Crippen LogP contribution is 2.24. The van der Waals surface area contributed by atoms with Crippen molar-refractivity contribution in [2.75, 3.05) is 19.6 Å². The highest BCUT2D eigenvalue weighted by atomic mass is 35.5. The molecule has 0 spiro atoms. The average molecular weight is 348 g/mol. The van der Waals surface area contributed by atoms with E-state index in [2.05, 4.69) is 10.0 Å². The largest absolute Gasteiger partial charge is 0.315 e. The van der Waals surface area contributed by atoms with E-state index in [1.165, 1.54) is 18.2 Å². The van der Waals surface area contributed by atoms with Crippen LogP contribution in [0, 0.1) is 0 Å². The van der Waals surface area contributed by atoms with Gasteiger partial charge in [-0.2, -0.15) is 0 Å². The lowest BCUT2D eigenvalue weighted by molar-refractivity contribution is 0.575. The maximum Gasteiger partial charge on any atom is 0.242 e. The van der Waals surface area contributed by atoms with Crippen LogP contribution in [0.2, 0.25) is 10.0 Å². The van der Waals surface area contributed by atoms with Gasteiger partial charge in [0.05, 0.1) is 5.02 Å². The van der Waals surface area contributed by atoms with Crippen molar-refractivity contribution in [3.63, 3.8) is 0 Å². The average Bonchev–Trinajstić information content (AvgIpc) is 2.28. The van der Waals surface area contributed by atoms with Crippen LogP contribution < -0.4 is 10.0 Å². The quantitative estimate of drug-likeness (QED) is 0.746. The first kappa shape index (κ1) is 19.0. The van der Waals surface area contributed by atoms with E-state index in [-0.39, 0.29) is 22.3 Å². The SMILES string of the molecule is CCCNCCNS(=O)(=O)c1ccc(Cl)cc1Cl.Cl. The third kappa shape index (κ3) is 6.29. The van der Waals surface area contributed by atoms with Crippen molar-refractivity contribution in [3.05, 3.63) is 28.2 Å². The van der Waals surface area contributed by atoms with Crippen molar-refractivity contribution < 1.29 is 8.42 Å². The Hall–Kier alpha value is -0.0400. The second-order valence-corrected chi connectivity index (χ2v) is 6.30. The molecule has 1 aromatic rings. The lowest BCUT2D eigenvalue weighted by atomic mass is 10.4. The molecule has 0 aliphatic heterocycles. The van der Waals surface area contributed by atoms with Crippen LogP contribution in [0.1, 0.15) is 13.3 Å². The van der Waals surface area contributed by atoms with Crippen LogP contribution in [-0.2, 0) is 10.0 Å². The molecule has 0 unspecified atom stereocenters. The number of hydrogen-bond acceptors (Lipinski definition) is 3. The molecule has 0 aliphatic rings. The van der Waals surface area contributed by atoms with Crippen LogP contribution >= 0.6 is 35.6 Å². The second kappa shape index (κ2) is 9.00. The van der Waals surface area contributed by atoms with Gasteiger partial charge in [0.2, 0.25) is 10.0 Å². The molecule has 0 aromatic heterocycles. The van der Waals surface area contributed by atoms with Crippen molar-refractivity contribution in [3.8, 4) is 0 Å². The Bertz CT molecular complexity index is 495. The summed E-state index contributed by atoms with van der Waals surface area (Å²) >= 11 is 11.6. The maximum absolute atomic E-state index is 11.9. The van der Waals surface area contributed by atoms with Gasteiger partial charge in [0.25, 0.3) is 0 Å². The van der Waals surface area contributed by atoms with E-state index in [0.29, 0.717) is 18.1 Å². The fraction of sp³-hybridized carbons (Fsp3) is 0.455. The van der Waals surface area contributed by atoms with E-state index in [1.54, 1.807) is 0 Å². The molecule has 0 bridgehead atoms. The van der Waals surface area contributed by atoms with Crippen molar-refractivity contribution in [1.82, 2.24) is 10.0 Å². The Morgan fingerprint density at radius 2 is 1.84 bits per heavy atom. The number of halogens is 3. The minimum Gasteiger partial charge on any atom is -0.315 e. The summed E-state index contributed by atoms with van der Waals surface area (Å²) in [4.78, 5) is 0.0454. The Balaban J connectivity index is 0.00000324. The minimum atomic E-state index is -3.58. The van der Waals surface area contributed by atoms with Gasteiger partial charge in [0, 0.05) is 18.1 Å². The van der Waals surface area contributed by atoms with E-state index >= 15 is 0 Å². The Labute approximate surface area is 130 Å². The summed E-state index contributed by atoms with van der Waals surface area (Å²) in [5.41, 5.74) is 0. The molecular weight excluding hydrogens is 331 g/mol. The minimum absolute atomic E-state index is 0. The molecule has 110 valence electrons. The van der Waals surface area contributed by atoms with Gasteiger partial charge in [-0.15, -0.1) is 12.4 Å². The topological polar surface area (TPSA) is 58.2 Å². The highest BCUT2D eigenvalue weighted by Gasteiger charge is 2.17. The molecule has 4 nitrogen and oxygen atoms in total. The van der Waals surface area contributed by atoms with Gasteiger partial charge in [-0.25, -0.2) is 13.1 Å². The van der Waals surface area contributed by atoms with Crippen molar-refractivity contribution in [1.29, 1.82) is 0 Å². The number of rotatable bonds is 7. The molecule has 1 aromatic carbocycles. The number of sulfonamides is 1.